The van der Waals surface area contributed by atoms with Gasteiger partial charge in [-0.15, -0.1) is 0 Å². The standard InChI is InChI=1S/C65H39N5/c1-2-17-42(18-3-1)63-66-64(45-33-35-47-44(37-45)32-31-40-15-4-6-20-46(40)47)68-65(67-63)52-26-13-25-50-49(52)24-14-30-57(50)70-56-27-10-8-22-51(56)55-39-54-43(38-61(55)70)19-12-29-59(54)69-58-28-11-9-23-53(58)62-48-21-7-5-16-41(48)34-36-60(62)69/h1-39H. The van der Waals surface area contributed by atoms with Crippen LogP contribution in [0, 0.1) is 0 Å². The Bertz CT molecular complexity index is 4660. The molecule has 12 aromatic carbocycles. The van der Waals surface area contributed by atoms with Gasteiger partial charge in [-0.3, -0.25) is 0 Å². The van der Waals surface area contributed by atoms with Crippen LogP contribution in [0.2, 0.25) is 0 Å². The molecule has 0 saturated carbocycles. The first kappa shape index (κ1) is 38.6. The van der Waals surface area contributed by atoms with Crippen LogP contribution in [0.4, 0.5) is 0 Å². The fourth-order valence-corrected chi connectivity index (χ4v) is 11.4. The van der Waals surface area contributed by atoms with Crippen LogP contribution in [0.5, 0.6) is 0 Å². The lowest BCUT2D eigenvalue weighted by Gasteiger charge is -2.15. The number of benzene rings is 12. The number of rotatable bonds is 5. The summed E-state index contributed by atoms with van der Waals surface area (Å²) >= 11 is 0. The van der Waals surface area contributed by atoms with Gasteiger partial charge in [-0.25, -0.2) is 15.0 Å². The summed E-state index contributed by atoms with van der Waals surface area (Å²) in [5.41, 5.74) is 9.77. The molecule has 0 N–H and O–H groups in total. The van der Waals surface area contributed by atoms with Gasteiger partial charge in [-0.05, 0) is 91.6 Å². The molecule has 70 heavy (non-hydrogen) atoms. The van der Waals surface area contributed by atoms with Crippen molar-refractivity contribution >= 4 is 97.5 Å². The Hall–Kier alpha value is -9.45. The first-order valence-electron chi connectivity index (χ1n) is 23.8. The molecule has 0 bridgehead atoms. The Balaban J connectivity index is 0.928. The topological polar surface area (TPSA) is 48.5 Å². The molecule has 0 aliphatic carbocycles. The molecule has 5 heteroatoms. The second kappa shape index (κ2) is 15.0. The van der Waals surface area contributed by atoms with Crippen LogP contribution in [-0.2, 0) is 0 Å². The number of aromatic nitrogens is 5. The van der Waals surface area contributed by atoms with Crippen molar-refractivity contribution in [2.24, 2.45) is 0 Å². The van der Waals surface area contributed by atoms with Gasteiger partial charge in [0.2, 0.25) is 0 Å². The zero-order chi connectivity index (χ0) is 45.9. The van der Waals surface area contributed by atoms with Crippen LogP contribution in [0.3, 0.4) is 0 Å². The van der Waals surface area contributed by atoms with E-state index in [1.54, 1.807) is 0 Å². The molecule has 15 aromatic rings. The SMILES string of the molecule is c1ccc(-c2nc(-c3ccc4c(ccc5ccccc54)c3)nc(-c3cccc4c(-n5c6ccccc6c6cc7c(-n8c9ccccc9c9c%10ccccc%10ccc98)cccc7cc65)cccc34)n2)cc1. The summed E-state index contributed by atoms with van der Waals surface area (Å²) < 4.78 is 4.91. The fourth-order valence-electron chi connectivity index (χ4n) is 11.4. The van der Waals surface area contributed by atoms with Crippen molar-refractivity contribution in [1.29, 1.82) is 0 Å². The Morgan fingerprint density at radius 2 is 0.786 bits per heavy atom. The highest BCUT2D eigenvalue weighted by Crippen LogP contribution is 2.43. The van der Waals surface area contributed by atoms with Crippen LogP contribution in [0.1, 0.15) is 0 Å². The summed E-state index contributed by atoms with van der Waals surface area (Å²) in [5.74, 6) is 1.90. The summed E-state index contributed by atoms with van der Waals surface area (Å²) in [7, 11) is 0. The highest BCUT2D eigenvalue weighted by Gasteiger charge is 2.21. The molecule has 15 rings (SSSR count). The van der Waals surface area contributed by atoms with Gasteiger partial charge >= 0.3 is 0 Å². The number of hydrogen-bond donors (Lipinski definition) is 0. The smallest absolute Gasteiger partial charge is 0.164 e. The van der Waals surface area contributed by atoms with E-state index in [1.165, 1.54) is 70.3 Å². The zero-order valence-corrected chi connectivity index (χ0v) is 37.8. The van der Waals surface area contributed by atoms with Crippen molar-refractivity contribution < 1.29 is 0 Å². The van der Waals surface area contributed by atoms with Gasteiger partial charge in [0.25, 0.3) is 0 Å². The fraction of sp³-hybridized carbons (Fsp3) is 0. The molecule has 0 aliphatic heterocycles. The van der Waals surface area contributed by atoms with Crippen molar-refractivity contribution in [2.45, 2.75) is 0 Å². The van der Waals surface area contributed by atoms with Crippen molar-refractivity contribution in [3.05, 3.63) is 237 Å². The molecule has 0 unspecified atom stereocenters. The first-order chi connectivity index (χ1) is 34.7. The number of nitrogens with zero attached hydrogens (tertiary/aromatic N) is 5. The average molecular weight is 890 g/mol. The van der Waals surface area contributed by atoms with Crippen molar-refractivity contribution in [3.8, 4) is 45.5 Å². The van der Waals surface area contributed by atoms with E-state index >= 15 is 0 Å². The van der Waals surface area contributed by atoms with Gasteiger partial charge in [0.15, 0.2) is 17.5 Å². The molecule has 5 nitrogen and oxygen atoms in total. The molecule has 0 amide bonds. The molecular weight excluding hydrogens is 851 g/mol. The normalized spacial score (nSPS) is 12.0. The van der Waals surface area contributed by atoms with Crippen LogP contribution >= 0.6 is 0 Å². The summed E-state index contributed by atoms with van der Waals surface area (Å²) in [5, 5.41) is 16.8. The predicted octanol–water partition coefficient (Wildman–Crippen LogP) is 16.8. The molecule has 0 saturated heterocycles. The predicted molar refractivity (Wildman–Crippen MR) is 292 cm³/mol. The van der Waals surface area contributed by atoms with Gasteiger partial charge in [-0.2, -0.15) is 0 Å². The molecule has 0 radical (unpaired) electrons. The Labute approximate surface area is 401 Å². The third-order valence-electron chi connectivity index (χ3n) is 14.5. The van der Waals surface area contributed by atoms with E-state index in [4.69, 9.17) is 15.0 Å². The highest BCUT2D eigenvalue weighted by molar-refractivity contribution is 6.22. The average Bonchev–Trinajstić information content (AvgIpc) is 3.94. The van der Waals surface area contributed by atoms with Gasteiger partial charge in [0.05, 0.1) is 33.4 Å². The number of para-hydroxylation sites is 2. The minimum Gasteiger partial charge on any atom is -0.309 e. The van der Waals surface area contributed by atoms with E-state index in [9.17, 15) is 0 Å². The Kier molecular flexibility index (Phi) is 8.29. The molecule has 0 aliphatic rings. The van der Waals surface area contributed by atoms with E-state index < -0.39 is 0 Å². The van der Waals surface area contributed by atoms with Gasteiger partial charge in [0, 0.05) is 49.0 Å². The molecule has 3 aromatic heterocycles. The molecule has 0 atom stereocenters. The third kappa shape index (κ3) is 5.76. The summed E-state index contributed by atoms with van der Waals surface area (Å²) in [4.78, 5) is 15.7. The van der Waals surface area contributed by atoms with Crippen LogP contribution in [0.15, 0.2) is 237 Å². The maximum absolute atomic E-state index is 5.30. The second-order valence-electron chi connectivity index (χ2n) is 18.3. The van der Waals surface area contributed by atoms with Crippen molar-refractivity contribution in [3.63, 3.8) is 0 Å². The van der Waals surface area contributed by atoms with Crippen LogP contribution < -0.4 is 0 Å². The van der Waals surface area contributed by atoms with Gasteiger partial charge < -0.3 is 9.13 Å². The summed E-state index contributed by atoms with van der Waals surface area (Å²) in [6, 6.07) is 85.3. The molecule has 324 valence electrons. The second-order valence-corrected chi connectivity index (χ2v) is 18.3. The van der Waals surface area contributed by atoms with E-state index in [0.29, 0.717) is 17.5 Å². The lowest BCUT2D eigenvalue weighted by molar-refractivity contribution is 1.08. The zero-order valence-electron chi connectivity index (χ0n) is 37.8. The molecule has 0 spiro atoms. The monoisotopic (exact) mass is 889 g/mol. The van der Waals surface area contributed by atoms with E-state index in [0.717, 1.165) is 55.3 Å². The lowest BCUT2D eigenvalue weighted by atomic mass is 10.00. The maximum atomic E-state index is 5.30. The third-order valence-corrected chi connectivity index (χ3v) is 14.5. The molecule has 0 fully saturated rings. The number of fused-ring (bicyclic) bond motifs is 13. The first-order valence-corrected chi connectivity index (χ1v) is 23.8. The van der Waals surface area contributed by atoms with Crippen LogP contribution in [0.25, 0.3) is 143 Å². The summed E-state index contributed by atoms with van der Waals surface area (Å²) in [6.07, 6.45) is 0. The molecule has 3 heterocycles. The minimum absolute atomic E-state index is 0.629. The van der Waals surface area contributed by atoms with Crippen LogP contribution in [-0.4, -0.2) is 24.1 Å². The van der Waals surface area contributed by atoms with Gasteiger partial charge in [0.1, 0.15) is 0 Å². The lowest BCUT2D eigenvalue weighted by Crippen LogP contribution is -2.01. The van der Waals surface area contributed by atoms with Crippen molar-refractivity contribution in [2.75, 3.05) is 0 Å². The van der Waals surface area contributed by atoms with E-state index in [-0.39, 0.29) is 0 Å². The van der Waals surface area contributed by atoms with Crippen molar-refractivity contribution in [1.82, 2.24) is 24.1 Å². The largest absolute Gasteiger partial charge is 0.309 e. The minimum atomic E-state index is 0.629. The highest BCUT2D eigenvalue weighted by atomic mass is 15.0. The van der Waals surface area contributed by atoms with E-state index in [1.807, 2.05) is 18.2 Å². The molecular formula is C65H39N5. The van der Waals surface area contributed by atoms with Gasteiger partial charge in [-0.1, -0.05) is 188 Å². The Morgan fingerprint density at radius 1 is 0.243 bits per heavy atom. The Morgan fingerprint density at radius 3 is 1.63 bits per heavy atom. The maximum Gasteiger partial charge on any atom is 0.164 e. The summed E-state index contributed by atoms with van der Waals surface area (Å²) in [6.45, 7) is 0. The van der Waals surface area contributed by atoms with E-state index in [2.05, 4.69) is 228 Å². The number of hydrogen-bond acceptors (Lipinski definition) is 3. The quantitative estimate of drug-likeness (QED) is 0.162.